The van der Waals surface area contributed by atoms with Crippen LogP contribution in [0.3, 0.4) is 0 Å². The second kappa shape index (κ2) is 5.20. The van der Waals surface area contributed by atoms with Crippen LogP contribution in [0.15, 0.2) is 24.3 Å². The molecule has 2 unspecified atom stereocenters. The molecule has 0 amide bonds. The molecule has 0 aliphatic carbocycles. The first-order valence-corrected chi connectivity index (χ1v) is 6.21. The fraction of sp³-hybridized carbons (Fsp3) is 0.500. The molecule has 2 rings (SSSR count). The number of nitriles is 1. The summed E-state index contributed by atoms with van der Waals surface area (Å²) >= 11 is 0. The van der Waals surface area contributed by atoms with Crippen LogP contribution in [0.25, 0.3) is 0 Å². The van der Waals surface area contributed by atoms with Crippen molar-refractivity contribution >= 4 is 5.69 Å². The van der Waals surface area contributed by atoms with Crippen molar-refractivity contribution in [2.24, 2.45) is 11.7 Å². The van der Waals surface area contributed by atoms with E-state index in [1.165, 1.54) is 12.8 Å². The van der Waals surface area contributed by atoms with Crippen molar-refractivity contribution in [3.8, 4) is 6.07 Å². The predicted octanol–water partition coefficient (Wildman–Crippen LogP) is 2.12. The highest BCUT2D eigenvalue weighted by atomic mass is 15.1. The average Bonchev–Trinajstić information content (AvgIpc) is 2.39. The first-order valence-electron chi connectivity index (χ1n) is 6.21. The largest absolute Gasteiger partial charge is 0.371 e. The smallest absolute Gasteiger partial charge is 0.0992 e. The third kappa shape index (κ3) is 2.78. The van der Waals surface area contributed by atoms with E-state index in [4.69, 9.17) is 11.0 Å². The second-order valence-electron chi connectivity index (χ2n) is 4.87. The zero-order valence-electron chi connectivity index (χ0n) is 10.3. The van der Waals surface area contributed by atoms with E-state index in [1.54, 1.807) is 0 Å². The second-order valence-corrected chi connectivity index (χ2v) is 4.87. The molecule has 1 aliphatic rings. The summed E-state index contributed by atoms with van der Waals surface area (Å²) in [5, 5.41) is 8.91. The summed E-state index contributed by atoms with van der Waals surface area (Å²) in [6, 6.07) is 10.3. The number of benzene rings is 1. The van der Waals surface area contributed by atoms with E-state index in [0.29, 0.717) is 5.92 Å². The maximum Gasteiger partial charge on any atom is 0.0992 e. The fourth-order valence-electron chi connectivity index (χ4n) is 2.45. The average molecular weight is 229 g/mol. The summed E-state index contributed by atoms with van der Waals surface area (Å²) in [4.78, 5) is 2.35. The molecule has 0 bridgehead atoms. The zero-order valence-corrected chi connectivity index (χ0v) is 10.3. The molecule has 1 saturated heterocycles. The topological polar surface area (TPSA) is 53.0 Å². The molecule has 1 heterocycles. The van der Waals surface area contributed by atoms with Crippen LogP contribution in [0.4, 0.5) is 5.69 Å². The molecule has 17 heavy (non-hydrogen) atoms. The Kier molecular flexibility index (Phi) is 3.65. The van der Waals surface area contributed by atoms with Crippen molar-refractivity contribution < 1.29 is 0 Å². The lowest BCUT2D eigenvalue weighted by Gasteiger charge is -2.36. The first-order chi connectivity index (χ1) is 8.20. The Bertz CT molecular complexity index is 420. The molecule has 1 fully saturated rings. The van der Waals surface area contributed by atoms with Crippen LogP contribution in [-0.2, 0) is 0 Å². The van der Waals surface area contributed by atoms with Gasteiger partial charge in [0.2, 0.25) is 0 Å². The quantitative estimate of drug-likeness (QED) is 0.845. The Morgan fingerprint density at radius 2 is 2.35 bits per heavy atom. The summed E-state index contributed by atoms with van der Waals surface area (Å²) in [6.07, 6.45) is 2.40. The molecule has 90 valence electrons. The zero-order chi connectivity index (χ0) is 12.3. The first kappa shape index (κ1) is 11.9. The summed E-state index contributed by atoms with van der Waals surface area (Å²) in [7, 11) is 0. The van der Waals surface area contributed by atoms with E-state index >= 15 is 0 Å². The van der Waals surface area contributed by atoms with Crippen LogP contribution in [0.2, 0.25) is 0 Å². The molecule has 0 spiro atoms. The standard InChI is InChI=1S/C14H19N3/c1-11(16)13-5-3-7-17(10-13)14-6-2-4-12(8-14)9-15/h2,4,6,8,11,13H,3,5,7,10,16H2,1H3. The molecule has 1 aliphatic heterocycles. The number of rotatable bonds is 2. The van der Waals surface area contributed by atoms with Gasteiger partial charge in [0.05, 0.1) is 11.6 Å². The minimum atomic E-state index is 0.247. The Hall–Kier alpha value is -1.53. The Labute approximate surface area is 103 Å². The molecule has 1 aromatic rings. The fourth-order valence-corrected chi connectivity index (χ4v) is 2.45. The van der Waals surface area contributed by atoms with E-state index in [9.17, 15) is 0 Å². The van der Waals surface area contributed by atoms with Gasteiger partial charge in [-0.1, -0.05) is 6.07 Å². The normalized spacial score (nSPS) is 21.9. The third-order valence-corrected chi connectivity index (χ3v) is 3.54. The number of piperidine rings is 1. The van der Waals surface area contributed by atoms with Gasteiger partial charge < -0.3 is 10.6 Å². The summed E-state index contributed by atoms with van der Waals surface area (Å²) in [6.45, 7) is 4.16. The molecule has 0 saturated carbocycles. The summed E-state index contributed by atoms with van der Waals surface area (Å²) in [5.74, 6) is 0.564. The minimum absolute atomic E-state index is 0.247. The van der Waals surface area contributed by atoms with E-state index in [1.807, 2.05) is 18.2 Å². The van der Waals surface area contributed by atoms with Crippen LogP contribution >= 0.6 is 0 Å². The highest BCUT2D eigenvalue weighted by Crippen LogP contribution is 2.25. The number of anilines is 1. The highest BCUT2D eigenvalue weighted by molar-refractivity contribution is 5.51. The molecular formula is C14H19N3. The molecule has 0 radical (unpaired) electrons. The number of hydrogen-bond donors (Lipinski definition) is 1. The molecule has 2 atom stereocenters. The summed E-state index contributed by atoms with van der Waals surface area (Å²) < 4.78 is 0. The monoisotopic (exact) mass is 229 g/mol. The van der Waals surface area contributed by atoms with Crippen LogP contribution in [0.5, 0.6) is 0 Å². The van der Waals surface area contributed by atoms with Crippen molar-refractivity contribution in [2.75, 3.05) is 18.0 Å². The third-order valence-electron chi connectivity index (χ3n) is 3.54. The van der Waals surface area contributed by atoms with Gasteiger partial charge in [-0.15, -0.1) is 0 Å². The van der Waals surface area contributed by atoms with Gasteiger partial charge in [-0.25, -0.2) is 0 Å². The minimum Gasteiger partial charge on any atom is -0.371 e. The molecule has 3 nitrogen and oxygen atoms in total. The molecule has 1 aromatic carbocycles. The van der Waals surface area contributed by atoms with Gasteiger partial charge in [0.25, 0.3) is 0 Å². The van der Waals surface area contributed by atoms with Crippen molar-refractivity contribution in [2.45, 2.75) is 25.8 Å². The van der Waals surface area contributed by atoms with Crippen molar-refractivity contribution in [3.05, 3.63) is 29.8 Å². The van der Waals surface area contributed by atoms with Gasteiger partial charge >= 0.3 is 0 Å². The van der Waals surface area contributed by atoms with E-state index < -0.39 is 0 Å². The van der Waals surface area contributed by atoms with Crippen LogP contribution in [-0.4, -0.2) is 19.1 Å². The van der Waals surface area contributed by atoms with Crippen LogP contribution in [0.1, 0.15) is 25.3 Å². The van der Waals surface area contributed by atoms with Gasteiger partial charge in [-0.2, -0.15) is 5.26 Å². The Balaban J connectivity index is 2.13. The molecule has 0 aromatic heterocycles. The van der Waals surface area contributed by atoms with Gasteiger partial charge in [-0.3, -0.25) is 0 Å². The van der Waals surface area contributed by atoms with Crippen molar-refractivity contribution in [3.63, 3.8) is 0 Å². The Morgan fingerprint density at radius 3 is 3.06 bits per heavy atom. The van der Waals surface area contributed by atoms with Gasteiger partial charge in [-0.05, 0) is 43.9 Å². The maximum atomic E-state index is 8.91. The summed E-state index contributed by atoms with van der Waals surface area (Å²) in [5.41, 5.74) is 7.86. The van der Waals surface area contributed by atoms with Gasteiger partial charge in [0.15, 0.2) is 0 Å². The van der Waals surface area contributed by atoms with Crippen LogP contribution < -0.4 is 10.6 Å². The lowest BCUT2D eigenvalue weighted by molar-refractivity contribution is 0.364. The van der Waals surface area contributed by atoms with Crippen LogP contribution in [0, 0.1) is 17.2 Å². The van der Waals surface area contributed by atoms with Gasteiger partial charge in [0.1, 0.15) is 0 Å². The molecular weight excluding hydrogens is 210 g/mol. The van der Waals surface area contributed by atoms with Crippen molar-refractivity contribution in [1.29, 1.82) is 5.26 Å². The lowest BCUT2D eigenvalue weighted by Crippen LogP contribution is -2.42. The SMILES string of the molecule is CC(N)C1CCCN(c2cccc(C#N)c2)C1. The van der Waals surface area contributed by atoms with Gasteiger partial charge in [0, 0.05) is 24.8 Å². The van der Waals surface area contributed by atoms with E-state index in [2.05, 4.69) is 24.0 Å². The number of nitrogens with two attached hydrogens (primary N) is 1. The lowest BCUT2D eigenvalue weighted by atomic mass is 9.92. The maximum absolute atomic E-state index is 8.91. The number of nitrogens with zero attached hydrogens (tertiary/aromatic N) is 2. The van der Waals surface area contributed by atoms with E-state index in [-0.39, 0.29) is 6.04 Å². The molecule has 2 N–H and O–H groups in total. The molecule has 3 heteroatoms. The Morgan fingerprint density at radius 1 is 1.53 bits per heavy atom. The number of hydrogen-bond acceptors (Lipinski definition) is 3. The highest BCUT2D eigenvalue weighted by Gasteiger charge is 2.22. The van der Waals surface area contributed by atoms with E-state index in [0.717, 1.165) is 24.3 Å². The predicted molar refractivity (Wildman–Crippen MR) is 69.7 cm³/mol. The van der Waals surface area contributed by atoms with Crippen molar-refractivity contribution in [1.82, 2.24) is 0 Å².